The van der Waals surface area contributed by atoms with Crippen LogP contribution in [0.15, 0.2) is 12.1 Å². The van der Waals surface area contributed by atoms with Gasteiger partial charge in [-0.1, -0.05) is 0 Å². The molecule has 0 heterocycles. The third-order valence-electron chi connectivity index (χ3n) is 2.78. The molecule has 1 aromatic rings. The average Bonchev–Trinajstić information content (AvgIpc) is 2.43. The summed E-state index contributed by atoms with van der Waals surface area (Å²) < 4.78 is 4.94. The molecule has 0 spiro atoms. The van der Waals surface area contributed by atoms with E-state index in [1.54, 1.807) is 0 Å². The van der Waals surface area contributed by atoms with Crippen molar-refractivity contribution >= 4 is 5.69 Å². The van der Waals surface area contributed by atoms with Gasteiger partial charge in [-0.3, -0.25) is 10.1 Å². The molecule has 7 heteroatoms. The Labute approximate surface area is 116 Å². The van der Waals surface area contributed by atoms with E-state index in [2.05, 4.69) is 11.4 Å². The van der Waals surface area contributed by atoms with Gasteiger partial charge in [-0.2, -0.15) is 5.26 Å². The van der Waals surface area contributed by atoms with Crippen molar-refractivity contribution < 1.29 is 14.8 Å². The molecular weight excluding hydrogens is 262 g/mol. The molecule has 0 saturated carbocycles. The lowest BCUT2D eigenvalue weighted by Crippen LogP contribution is -2.15. The van der Waals surface area contributed by atoms with Crippen molar-refractivity contribution in [3.05, 3.63) is 27.8 Å². The molecule has 0 amide bonds. The Bertz CT molecular complexity index is 511. The van der Waals surface area contributed by atoms with Crippen LogP contribution in [0.5, 0.6) is 11.5 Å². The number of nitriles is 1. The van der Waals surface area contributed by atoms with Crippen LogP contribution in [0.25, 0.3) is 0 Å². The van der Waals surface area contributed by atoms with Crippen LogP contribution in [-0.2, 0) is 6.54 Å². The minimum Gasteiger partial charge on any atom is -0.504 e. The molecule has 1 rings (SSSR count). The summed E-state index contributed by atoms with van der Waals surface area (Å²) in [5, 5.41) is 32.0. The van der Waals surface area contributed by atoms with E-state index in [1.165, 1.54) is 13.2 Å². The first-order valence-corrected chi connectivity index (χ1v) is 6.22. The van der Waals surface area contributed by atoms with Crippen molar-refractivity contribution in [1.82, 2.24) is 5.32 Å². The zero-order chi connectivity index (χ0) is 15.0. The zero-order valence-electron chi connectivity index (χ0n) is 11.3. The van der Waals surface area contributed by atoms with Crippen molar-refractivity contribution in [2.45, 2.75) is 25.8 Å². The third kappa shape index (κ3) is 4.40. The standard InChI is InChI=1S/C13H17N3O4/c1-20-13-7-10(9-15-6-4-2-3-5-14)11(16(18)19)8-12(13)17/h7-8,15,17H,2-4,6,9H2,1H3. The minimum absolute atomic E-state index is 0.146. The van der Waals surface area contributed by atoms with Crippen molar-refractivity contribution in [3.63, 3.8) is 0 Å². The molecule has 0 atom stereocenters. The Morgan fingerprint density at radius 1 is 1.50 bits per heavy atom. The first kappa shape index (κ1) is 15.7. The van der Waals surface area contributed by atoms with Crippen LogP contribution in [0.2, 0.25) is 0 Å². The SMILES string of the molecule is COc1cc(CNCCCCC#N)c([N+](=O)[O-])cc1O. The molecule has 0 saturated heterocycles. The highest BCUT2D eigenvalue weighted by atomic mass is 16.6. The second-order valence-corrected chi connectivity index (χ2v) is 4.20. The highest BCUT2D eigenvalue weighted by Crippen LogP contribution is 2.33. The lowest BCUT2D eigenvalue weighted by atomic mass is 10.1. The van der Waals surface area contributed by atoms with Crippen molar-refractivity contribution in [2.75, 3.05) is 13.7 Å². The summed E-state index contributed by atoms with van der Waals surface area (Å²) in [5.74, 6) is -0.0474. The number of nitro benzene ring substituents is 1. The summed E-state index contributed by atoms with van der Waals surface area (Å²) in [6, 6.07) is 4.60. The molecule has 20 heavy (non-hydrogen) atoms. The second-order valence-electron chi connectivity index (χ2n) is 4.20. The largest absolute Gasteiger partial charge is 0.504 e. The molecule has 0 aliphatic rings. The van der Waals surface area contributed by atoms with E-state index in [0.29, 0.717) is 25.1 Å². The molecule has 0 bridgehead atoms. The van der Waals surface area contributed by atoms with Crippen LogP contribution >= 0.6 is 0 Å². The molecule has 0 radical (unpaired) electrons. The predicted molar refractivity (Wildman–Crippen MR) is 72.5 cm³/mol. The fraction of sp³-hybridized carbons (Fsp3) is 0.462. The molecule has 0 aliphatic carbocycles. The maximum absolute atomic E-state index is 10.9. The number of hydrogen-bond acceptors (Lipinski definition) is 6. The normalized spacial score (nSPS) is 10.0. The lowest BCUT2D eigenvalue weighted by molar-refractivity contribution is -0.385. The van der Waals surface area contributed by atoms with Gasteiger partial charge in [0.25, 0.3) is 5.69 Å². The highest BCUT2D eigenvalue weighted by Gasteiger charge is 2.18. The Kier molecular flexibility index (Phi) is 6.26. The van der Waals surface area contributed by atoms with Crippen molar-refractivity contribution in [3.8, 4) is 17.6 Å². The van der Waals surface area contributed by atoms with Crippen LogP contribution in [-0.4, -0.2) is 23.7 Å². The molecule has 1 aromatic carbocycles. The van der Waals surface area contributed by atoms with E-state index < -0.39 is 4.92 Å². The number of nitrogens with zero attached hydrogens (tertiary/aromatic N) is 2. The number of rotatable bonds is 8. The summed E-state index contributed by atoms with van der Waals surface area (Å²) in [7, 11) is 1.39. The quantitative estimate of drug-likeness (QED) is 0.428. The fourth-order valence-electron chi connectivity index (χ4n) is 1.75. The van der Waals surface area contributed by atoms with Crippen LogP contribution in [0.1, 0.15) is 24.8 Å². The van der Waals surface area contributed by atoms with E-state index in [-0.39, 0.29) is 17.2 Å². The van der Waals surface area contributed by atoms with Crippen LogP contribution in [0.4, 0.5) is 5.69 Å². The summed E-state index contributed by atoms with van der Waals surface area (Å²) in [5.41, 5.74) is 0.303. The van der Waals surface area contributed by atoms with E-state index in [0.717, 1.165) is 18.9 Å². The van der Waals surface area contributed by atoms with Gasteiger partial charge in [0.05, 0.1) is 24.2 Å². The highest BCUT2D eigenvalue weighted by molar-refractivity contribution is 5.53. The first-order valence-electron chi connectivity index (χ1n) is 6.22. The van der Waals surface area contributed by atoms with Crippen molar-refractivity contribution in [1.29, 1.82) is 5.26 Å². The summed E-state index contributed by atoms with van der Waals surface area (Å²) in [4.78, 5) is 10.4. The Hall–Kier alpha value is -2.33. The topological polar surface area (TPSA) is 108 Å². The number of benzene rings is 1. The van der Waals surface area contributed by atoms with Gasteiger partial charge < -0.3 is 15.2 Å². The maximum Gasteiger partial charge on any atom is 0.277 e. The van der Waals surface area contributed by atoms with E-state index in [1.807, 2.05) is 0 Å². The predicted octanol–water partition coefficient (Wildman–Crippen LogP) is 2.09. The van der Waals surface area contributed by atoms with Crippen LogP contribution in [0.3, 0.4) is 0 Å². The van der Waals surface area contributed by atoms with Crippen LogP contribution < -0.4 is 10.1 Å². The fourth-order valence-corrected chi connectivity index (χ4v) is 1.75. The number of nitro groups is 1. The average molecular weight is 279 g/mol. The molecule has 0 fully saturated rings. The monoisotopic (exact) mass is 279 g/mol. The molecule has 2 N–H and O–H groups in total. The molecule has 108 valence electrons. The second kappa shape index (κ2) is 7.96. The van der Waals surface area contributed by atoms with E-state index in [4.69, 9.17) is 10.00 Å². The molecule has 7 nitrogen and oxygen atoms in total. The number of hydrogen-bond donors (Lipinski definition) is 2. The van der Waals surface area contributed by atoms with Crippen LogP contribution in [0, 0.1) is 21.4 Å². The summed E-state index contributed by atoms with van der Waals surface area (Å²) in [6.45, 7) is 0.974. The Balaban J connectivity index is 2.68. The number of phenols is 1. The first-order chi connectivity index (χ1) is 9.60. The Morgan fingerprint density at radius 3 is 2.85 bits per heavy atom. The Morgan fingerprint density at radius 2 is 2.25 bits per heavy atom. The summed E-state index contributed by atoms with van der Waals surface area (Å²) >= 11 is 0. The molecular formula is C13H17N3O4. The minimum atomic E-state index is -0.536. The lowest BCUT2D eigenvalue weighted by Gasteiger charge is -2.09. The van der Waals surface area contributed by atoms with Gasteiger partial charge in [0.1, 0.15) is 0 Å². The van der Waals surface area contributed by atoms with Gasteiger partial charge in [0.15, 0.2) is 11.5 Å². The molecule has 0 unspecified atom stereocenters. The number of unbranched alkanes of at least 4 members (excludes halogenated alkanes) is 2. The number of methoxy groups -OCH3 is 1. The van der Waals surface area contributed by atoms with E-state index in [9.17, 15) is 15.2 Å². The molecule has 0 aromatic heterocycles. The molecule has 0 aliphatic heterocycles. The maximum atomic E-state index is 10.9. The third-order valence-corrected chi connectivity index (χ3v) is 2.78. The number of ether oxygens (including phenoxy) is 1. The van der Waals surface area contributed by atoms with Gasteiger partial charge in [-0.05, 0) is 25.5 Å². The number of phenolic OH excluding ortho intramolecular Hbond substituents is 1. The number of aromatic hydroxyl groups is 1. The smallest absolute Gasteiger partial charge is 0.277 e. The van der Waals surface area contributed by atoms with Gasteiger partial charge in [0.2, 0.25) is 0 Å². The van der Waals surface area contributed by atoms with E-state index >= 15 is 0 Å². The van der Waals surface area contributed by atoms with Gasteiger partial charge in [0, 0.05) is 18.5 Å². The summed E-state index contributed by atoms with van der Waals surface area (Å²) in [6.07, 6.45) is 2.13. The van der Waals surface area contributed by atoms with Gasteiger partial charge in [-0.15, -0.1) is 0 Å². The van der Waals surface area contributed by atoms with Gasteiger partial charge >= 0.3 is 0 Å². The zero-order valence-corrected chi connectivity index (χ0v) is 11.3. The van der Waals surface area contributed by atoms with Gasteiger partial charge in [-0.25, -0.2) is 0 Å². The number of nitrogens with one attached hydrogen (secondary N) is 1. The van der Waals surface area contributed by atoms with Crippen molar-refractivity contribution in [2.24, 2.45) is 0 Å².